The summed E-state index contributed by atoms with van der Waals surface area (Å²) < 4.78 is 2.57. The molecule has 0 aliphatic heterocycles. The SMILES string of the molecule is CC(C)CC(=O)N(CCN(C)C)C(C)c1nc2ccccc2c(=O)n1-c1ccc(Br)cc1. The fourth-order valence-electron chi connectivity index (χ4n) is 3.72. The summed E-state index contributed by atoms with van der Waals surface area (Å²) in [4.78, 5) is 35.6. The van der Waals surface area contributed by atoms with Crippen LogP contribution in [0.3, 0.4) is 0 Å². The maximum atomic E-state index is 13.6. The number of rotatable bonds is 8. The van der Waals surface area contributed by atoms with E-state index in [4.69, 9.17) is 4.98 Å². The standard InChI is InChI=1S/C25H31BrN4O2/c1-17(2)16-23(31)29(15-14-28(4)5)18(3)24-27-22-9-7-6-8-21(22)25(32)30(24)20-12-10-19(26)11-13-20/h6-13,17-18H,14-16H2,1-5H3. The van der Waals surface area contributed by atoms with Crippen molar-refractivity contribution in [3.63, 3.8) is 0 Å². The van der Waals surface area contributed by atoms with Gasteiger partial charge in [-0.1, -0.05) is 41.9 Å². The third-order valence-corrected chi connectivity index (χ3v) is 5.95. The monoisotopic (exact) mass is 498 g/mol. The lowest BCUT2D eigenvalue weighted by molar-refractivity contribution is -0.134. The van der Waals surface area contributed by atoms with Gasteiger partial charge in [0.25, 0.3) is 5.56 Å². The molecular formula is C25H31BrN4O2. The second-order valence-corrected chi connectivity index (χ2v) is 9.68. The molecule has 6 nitrogen and oxygen atoms in total. The van der Waals surface area contributed by atoms with Crippen LogP contribution in [0, 0.1) is 5.92 Å². The highest BCUT2D eigenvalue weighted by Gasteiger charge is 2.27. The summed E-state index contributed by atoms with van der Waals surface area (Å²) in [6.45, 7) is 7.32. The van der Waals surface area contributed by atoms with Gasteiger partial charge in [-0.25, -0.2) is 4.98 Å². The molecule has 0 aliphatic carbocycles. The third kappa shape index (κ3) is 5.45. The zero-order chi connectivity index (χ0) is 23.4. The number of amides is 1. The van der Waals surface area contributed by atoms with Crippen molar-refractivity contribution in [2.75, 3.05) is 27.2 Å². The Balaban J connectivity index is 2.19. The topological polar surface area (TPSA) is 58.4 Å². The first-order valence-electron chi connectivity index (χ1n) is 10.9. The average molecular weight is 499 g/mol. The lowest BCUT2D eigenvalue weighted by Gasteiger charge is -2.32. The number of likely N-dealkylation sites (N-methyl/N-ethyl adjacent to an activating group) is 1. The molecule has 1 heterocycles. The summed E-state index contributed by atoms with van der Waals surface area (Å²) in [6, 6.07) is 14.6. The number of hydrogen-bond donors (Lipinski definition) is 0. The van der Waals surface area contributed by atoms with E-state index in [-0.39, 0.29) is 23.4 Å². The maximum absolute atomic E-state index is 13.6. The number of halogens is 1. The van der Waals surface area contributed by atoms with Crippen LogP contribution in [0.1, 0.15) is 39.1 Å². The van der Waals surface area contributed by atoms with Crippen molar-refractivity contribution >= 4 is 32.7 Å². The normalized spacial score (nSPS) is 12.5. The molecule has 32 heavy (non-hydrogen) atoms. The van der Waals surface area contributed by atoms with Crippen LogP contribution in [-0.2, 0) is 4.79 Å². The van der Waals surface area contributed by atoms with E-state index >= 15 is 0 Å². The Kier molecular flexibility index (Phi) is 7.85. The minimum absolute atomic E-state index is 0.0686. The van der Waals surface area contributed by atoms with E-state index in [0.717, 1.165) is 16.7 Å². The number of carbonyl (C=O) groups is 1. The van der Waals surface area contributed by atoms with Crippen molar-refractivity contribution in [2.45, 2.75) is 33.2 Å². The van der Waals surface area contributed by atoms with Gasteiger partial charge in [0.1, 0.15) is 5.82 Å². The molecule has 0 N–H and O–H groups in total. The molecule has 0 saturated heterocycles. The van der Waals surface area contributed by atoms with Crippen LogP contribution in [-0.4, -0.2) is 52.4 Å². The van der Waals surface area contributed by atoms with E-state index in [1.54, 1.807) is 10.6 Å². The van der Waals surface area contributed by atoms with Crippen molar-refractivity contribution in [1.82, 2.24) is 19.4 Å². The van der Waals surface area contributed by atoms with Crippen molar-refractivity contribution in [3.8, 4) is 5.69 Å². The van der Waals surface area contributed by atoms with Gasteiger partial charge in [0.2, 0.25) is 5.91 Å². The largest absolute Gasteiger partial charge is 0.331 e. The Morgan fingerprint density at radius 1 is 1.03 bits per heavy atom. The fraction of sp³-hybridized carbons (Fsp3) is 0.400. The van der Waals surface area contributed by atoms with Crippen LogP contribution in [0.25, 0.3) is 16.6 Å². The first-order valence-corrected chi connectivity index (χ1v) is 11.7. The molecule has 3 rings (SSSR count). The predicted octanol–water partition coefficient (Wildman–Crippen LogP) is 4.65. The van der Waals surface area contributed by atoms with E-state index in [0.29, 0.717) is 29.7 Å². The van der Waals surface area contributed by atoms with Crippen LogP contribution < -0.4 is 5.56 Å². The number of aromatic nitrogens is 2. The molecule has 0 aliphatic rings. The van der Waals surface area contributed by atoms with Crippen LogP contribution in [0.5, 0.6) is 0 Å². The minimum atomic E-state index is -0.373. The van der Waals surface area contributed by atoms with Gasteiger partial charge in [-0.3, -0.25) is 14.2 Å². The molecule has 1 unspecified atom stereocenters. The van der Waals surface area contributed by atoms with E-state index in [2.05, 4.69) is 20.8 Å². The van der Waals surface area contributed by atoms with Crippen molar-refractivity contribution in [3.05, 3.63) is 69.2 Å². The van der Waals surface area contributed by atoms with Gasteiger partial charge >= 0.3 is 0 Å². The van der Waals surface area contributed by atoms with E-state index < -0.39 is 0 Å². The lowest BCUT2D eigenvalue weighted by Crippen LogP contribution is -2.41. The quantitative estimate of drug-likeness (QED) is 0.453. The molecule has 0 spiro atoms. The van der Waals surface area contributed by atoms with Crippen molar-refractivity contribution < 1.29 is 4.79 Å². The molecule has 0 radical (unpaired) electrons. The molecular weight excluding hydrogens is 468 g/mol. The first kappa shape index (κ1) is 24.1. The number of fused-ring (bicyclic) bond motifs is 1. The summed E-state index contributed by atoms with van der Waals surface area (Å²) >= 11 is 3.46. The van der Waals surface area contributed by atoms with Gasteiger partial charge in [0.15, 0.2) is 0 Å². The first-order chi connectivity index (χ1) is 15.2. The lowest BCUT2D eigenvalue weighted by atomic mass is 10.1. The number of hydrogen-bond acceptors (Lipinski definition) is 4. The molecule has 170 valence electrons. The number of para-hydroxylation sites is 1. The number of benzene rings is 2. The molecule has 1 aromatic heterocycles. The second-order valence-electron chi connectivity index (χ2n) is 8.77. The van der Waals surface area contributed by atoms with E-state index in [1.807, 2.05) is 82.2 Å². The number of nitrogens with zero attached hydrogens (tertiary/aromatic N) is 4. The number of carbonyl (C=O) groups excluding carboxylic acids is 1. The third-order valence-electron chi connectivity index (χ3n) is 5.42. The van der Waals surface area contributed by atoms with Crippen molar-refractivity contribution in [1.29, 1.82) is 0 Å². The Hall–Kier alpha value is -2.51. The molecule has 3 aromatic rings. The van der Waals surface area contributed by atoms with Crippen molar-refractivity contribution in [2.24, 2.45) is 5.92 Å². The fourth-order valence-corrected chi connectivity index (χ4v) is 3.98. The summed E-state index contributed by atoms with van der Waals surface area (Å²) in [6.07, 6.45) is 0.452. The Morgan fingerprint density at radius 3 is 2.31 bits per heavy atom. The molecule has 2 aromatic carbocycles. The maximum Gasteiger partial charge on any atom is 0.266 e. The van der Waals surface area contributed by atoms with Gasteiger partial charge in [-0.05, 0) is 63.3 Å². The average Bonchev–Trinajstić information content (AvgIpc) is 2.74. The zero-order valence-electron chi connectivity index (χ0n) is 19.4. The summed E-state index contributed by atoms with van der Waals surface area (Å²) in [7, 11) is 3.98. The van der Waals surface area contributed by atoms with Crippen LogP contribution in [0.2, 0.25) is 0 Å². The van der Waals surface area contributed by atoms with E-state index in [1.165, 1.54) is 0 Å². The molecule has 1 amide bonds. The smallest absolute Gasteiger partial charge is 0.266 e. The Bertz CT molecular complexity index is 1140. The zero-order valence-corrected chi connectivity index (χ0v) is 21.0. The molecule has 1 atom stereocenters. The second kappa shape index (κ2) is 10.4. The molecule has 0 fully saturated rings. The minimum Gasteiger partial charge on any atom is -0.331 e. The van der Waals surface area contributed by atoms with Gasteiger partial charge in [0.05, 0.1) is 22.6 Å². The Labute approximate surface area is 198 Å². The summed E-state index contributed by atoms with van der Waals surface area (Å²) in [5, 5.41) is 0.555. The Morgan fingerprint density at radius 2 is 1.69 bits per heavy atom. The van der Waals surface area contributed by atoms with Crippen LogP contribution >= 0.6 is 15.9 Å². The molecule has 0 saturated carbocycles. The summed E-state index contributed by atoms with van der Waals surface area (Å²) in [5.74, 6) is 0.876. The van der Waals surface area contributed by atoms with E-state index in [9.17, 15) is 9.59 Å². The van der Waals surface area contributed by atoms with Crippen LogP contribution in [0.4, 0.5) is 0 Å². The van der Waals surface area contributed by atoms with Gasteiger partial charge < -0.3 is 9.80 Å². The highest BCUT2D eigenvalue weighted by molar-refractivity contribution is 9.10. The van der Waals surface area contributed by atoms with Gasteiger partial charge in [-0.15, -0.1) is 0 Å². The van der Waals surface area contributed by atoms with Gasteiger partial charge in [0, 0.05) is 24.0 Å². The highest BCUT2D eigenvalue weighted by Crippen LogP contribution is 2.25. The highest BCUT2D eigenvalue weighted by atomic mass is 79.9. The molecule has 7 heteroatoms. The van der Waals surface area contributed by atoms with Crippen LogP contribution in [0.15, 0.2) is 57.8 Å². The van der Waals surface area contributed by atoms with Gasteiger partial charge in [-0.2, -0.15) is 0 Å². The molecule has 0 bridgehead atoms. The summed E-state index contributed by atoms with van der Waals surface area (Å²) in [5.41, 5.74) is 1.22. The predicted molar refractivity (Wildman–Crippen MR) is 133 cm³/mol.